The van der Waals surface area contributed by atoms with Crippen molar-refractivity contribution in [3.63, 3.8) is 0 Å². The second-order valence-corrected chi connectivity index (χ2v) is 4.86. The van der Waals surface area contributed by atoms with Gasteiger partial charge < -0.3 is 11.5 Å². The fourth-order valence-electron chi connectivity index (χ4n) is 0.955. The van der Waals surface area contributed by atoms with Gasteiger partial charge in [-0.3, -0.25) is 9.59 Å². The van der Waals surface area contributed by atoms with Gasteiger partial charge in [0.1, 0.15) is 0 Å². The minimum absolute atomic E-state index is 0.169. The van der Waals surface area contributed by atoms with E-state index in [1.54, 1.807) is 12.1 Å². The standard InChI is InChI=1S/C8H6I2N2O2/c9-5-1-3(7(11)13)4(8(12)14)2-6(5)10/h1-2H,(H2,11,13)(H2,12,14). The molecule has 0 bridgehead atoms. The van der Waals surface area contributed by atoms with Crippen LogP contribution in [0.5, 0.6) is 0 Å². The number of benzene rings is 1. The van der Waals surface area contributed by atoms with Crippen LogP contribution >= 0.6 is 45.2 Å². The minimum Gasteiger partial charge on any atom is -0.366 e. The predicted octanol–water partition coefficient (Wildman–Crippen LogP) is 1.09. The molecule has 6 heteroatoms. The van der Waals surface area contributed by atoms with E-state index >= 15 is 0 Å². The number of nitrogens with two attached hydrogens (primary N) is 2. The average molecular weight is 416 g/mol. The summed E-state index contributed by atoms with van der Waals surface area (Å²) >= 11 is 4.11. The van der Waals surface area contributed by atoms with Crippen LogP contribution in [0.2, 0.25) is 0 Å². The van der Waals surface area contributed by atoms with Crippen molar-refractivity contribution in [1.29, 1.82) is 0 Å². The molecular formula is C8H6I2N2O2. The molecule has 2 amide bonds. The summed E-state index contributed by atoms with van der Waals surface area (Å²) in [5, 5.41) is 0. The van der Waals surface area contributed by atoms with Gasteiger partial charge >= 0.3 is 0 Å². The molecule has 0 saturated carbocycles. The quantitative estimate of drug-likeness (QED) is 0.708. The first-order valence-electron chi connectivity index (χ1n) is 3.52. The second kappa shape index (κ2) is 4.43. The molecule has 14 heavy (non-hydrogen) atoms. The molecule has 0 aromatic heterocycles. The number of hydrogen-bond donors (Lipinski definition) is 2. The van der Waals surface area contributed by atoms with Crippen molar-refractivity contribution >= 4 is 57.0 Å². The molecule has 0 radical (unpaired) electrons. The lowest BCUT2D eigenvalue weighted by Crippen LogP contribution is -2.21. The highest BCUT2D eigenvalue weighted by Gasteiger charge is 2.14. The Balaban J connectivity index is 3.46. The Kier molecular flexibility index (Phi) is 3.70. The maximum absolute atomic E-state index is 11.0. The maximum atomic E-state index is 11.0. The third-order valence-electron chi connectivity index (χ3n) is 1.59. The zero-order valence-corrected chi connectivity index (χ0v) is 11.2. The smallest absolute Gasteiger partial charge is 0.249 e. The van der Waals surface area contributed by atoms with E-state index in [1.165, 1.54) is 0 Å². The molecular weight excluding hydrogens is 410 g/mol. The van der Waals surface area contributed by atoms with E-state index < -0.39 is 11.8 Å². The topological polar surface area (TPSA) is 86.2 Å². The van der Waals surface area contributed by atoms with Gasteiger partial charge in [-0.15, -0.1) is 0 Å². The Hall–Kier alpha value is -0.380. The second-order valence-electron chi connectivity index (χ2n) is 2.54. The molecule has 74 valence electrons. The maximum Gasteiger partial charge on any atom is 0.249 e. The number of carbonyl (C=O) groups is 2. The molecule has 4 N–H and O–H groups in total. The first kappa shape index (κ1) is 11.7. The van der Waals surface area contributed by atoms with Gasteiger partial charge in [0.05, 0.1) is 11.1 Å². The van der Waals surface area contributed by atoms with Crippen LogP contribution in [0.4, 0.5) is 0 Å². The highest BCUT2D eigenvalue weighted by Crippen LogP contribution is 2.20. The van der Waals surface area contributed by atoms with Gasteiger partial charge in [0.2, 0.25) is 11.8 Å². The Labute approximate surface area is 108 Å². The zero-order chi connectivity index (χ0) is 10.9. The summed E-state index contributed by atoms with van der Waals surface area (Å²) in [6.07, 6.45) is 0. The zero-order valence-electron chi connectivity index (χ0n) is 6.88. The van der Waals surface area contributed by atoms with Crippen molar-refractivity contribution in [1.82, 2.24) is 0 Å². The van der Waals surface area contributed by atoms with Crippen molar-refractivity contribution in [2.24, 2.45) is 11.5 Å². The monoisotopic (exact) mass is 416 g/mol. The Morgan fingerprint density at radius 1 is 0.929 bits per heavy atom. The van der Waals surface area contributed by atoms with E-state index in [-0.39, 0.29) is 11.1 Å². The number of amides is 2. The van der Waals surface area contributed by atoms with Crippen LogP contribution in [0, 0.1) is 7.14 Å². The molecule has 0 atom stereocenters. The number of carbonyl (C=O) groups excluding carboxylic acids is 2. The summed E-state index contributed by atoms with van der Waals surface area (Å²) in [5.74, 6) is -1.29. The molecule has 1 aromatic carbocycles. The predicted molar refractivity (Wildman–Crippen MR) is 68.9 cm³/mol. The van der Waals surface area contributed by atoms with E-state index in [0.29, 0.717) is 0 Å². The lowest BCUT2D eigenvalue weighted by atomic mass is 10.1. The van der Waals surface area contributed by atoms with Gasteiger partial charge in [-0.05, 0) is 57.3 Å². The van der Waals surface area contributed by atoms with Gasteiger partial charge in [-0.2, -0.15) is 0 Å². The molecule has 0 fully saturated rings. The molecule has 1 aromatic rings. The van der Waals surface area contributed by atoms with Crippen LogP contribution in [0.25, 0.3) is 0 Å². The first-order chi connectivity index (χ1) is 6.43. The fourth-order valence-corrected chi connectivity index (χ4v) is 1.89. The number of primary amides is 2. The summed E-state index contributed by atoms with van der Waals surface area (Å²) < 4.78 is 1.73. The SMILES string of the molecule is NC(=O)c1cc(I)c(I)cc1C(N)=O. The van der Waals surface area contributed by atoms with Crippen LogP contribution in [0.15, 0.2) is 12.1 Å². The summed E-state index contributed by atoms with van der Waals surface area (Å²) in [5.41, 5.74) is 10.6. The van der Waals surface area contributed by atoms with E-state index in [9.17, 15) is 9.59 Å². The molecule has 0 saturated heterocycles. The Morgan fingerprint density at radius 3 is 1.43 bits per heavy atom. The third-order valence-corrected chi connectivity index (χ3v) is 4.41. The lowest BCUT2D eigenvalue weighted by molar-refractivity contribution is 0.0967. The van der Waals surface area contributed by atoms with Crippen molar-refractivity contribution in [3.05, 3.63) is 30.4 Å². The van der Waals surface area contributed by atoms with E-state index in [0.717, 1.165) is 7.14 Å². The van der Waals surface area contributed by atoms with Crippen molar-refractivity contribution in [2.75, 3.05) is 0 Å². The molecule has 0 aliphatic rings. The molecule has 0 aliphatic carbocycles. The summed E-state index contributed by atoms with van der Waals surface area (Å²) in [6.45, 7) is 0. The van der Waals surface area contributed by atoms with Gasteiger partial charge in [-0.1, -0.05) is 0 Å². The van der Waals surface area contributed by atoms with Crippen LogP contribution in [0.1, 0.15) is 20.7 Å². The molecule has 0 spiro atoms. The van der Waals surface area contributed by atoms with Crippen molar-refractivity contribution < 1.29 is 9.59 Å². The third kappa shape index (κ3) is 2.35. The number of rotatable bonds is 2. The molecule has 1 rings (SSSR count). The van der Waals surface area contributed by atoms with Crippen LogP contribution in [0.3, 0.4) is 0 Å². The summed E-state index contributed by atoms with van der Waals surface area (Å²) in [4.78, 5) is 22.0. The van der Waals surface area contributed by atoms with Crippen LogP contribution in [-0.4, -0.2) is 11.8 Å². The van der Waals surface area contributed by atoms with Crippen molar-refractivity contribution in [2.45, 2.75) is 0 Å². The normalized spacial score (nSPS) is 9.86. The van der Waals surface area contributed by atoms with Gasteiger partial charge in [-0.25, -0.2) is 0 Å². The van der Waals surface area contributed by atoms with Gasteiger partial charge in [0.25, 0.3) is 0 Å². The van der Waals surface area contributed by atoms with E-state index in [4.69, 9.17) is 11.5 Å². The summed E-state index contributed by atoms with van der Waals surface area (Å²) in [6, 6.07) is 3.12. The number of hydrogen-bond acceptors (Lipinski definition) is 2. The highest BCUT2D eigenvalue weighted by atomic mass is 127. The van der Waals surface area contributed by atoms with Crippen molar-refractivity contribution in [3.8, 4) is 0 Å². The lowest BCUT2D eigenvalue weighted by Gasteiger charge is -2.05. The first-order valence-corrected chi connectivity index (χ1v) is 5.68. The largest absolute Gasteiger partial charge is 0.366 e. The molecule has 4 nitrogen and oxygen atoms in total. The van der Waals surface area contributed by atoms with Gasteiger partial charge in [0.15, 0.2) is 0 Å². The van der Waals surface area contributed by atoms with E-state index in [1.807, 2.05) is 0 Å². The van der Waals surface area contributed by atoms with Crippen LogP contribution in [-0.2, 0) is 0 Å². The fraction of sp³-hybridized carbons (Fsp3) is 0. The number of halogens is 2. The highest BCUT2D eigenvalue weighted by molar-refractivity contribution is 14.1. The minimum atomic E-state index is -0.645. The van der Waals surface area contributed by atoms with E-state index in [2.05, 4.69) is 45.2 Å². The van der Waals surface area contributed by atoms with Gasteiger partial charge in [0, 0.05) is 7.14 Å². The Morgan fingerprint density at radius 2 is 1.21 bits per heavy atom. The molecule has 0 aliphatic heterocycles. The molecule has 0 heterocycles. The van der Waals surface area contributed by atoms with Crippen LogP contribution < -0.4 is 11.5 Å². The Bertz CT molecular complexity index is 379. The average Bonchev–Trinajstić information content (AvgIpc) is 2.08. The molecule has 0 unspecified atom stereocenters. The summed E-state index contributed by atoms with van der Waals surface area (Å²) in [7, 11) is 0.